The third kappa shape index (κ3) is 1.92. The number of benzene rings is 1. The molecule has 0 spiro atoms. The molecule has 18 heavy (non-hydrogen) atoms. The van der Waals surface area contributed by atoms with Gasteiger partial charge in [-0.25, -0.2) is 0 Å². The molecule has 1 aromatic rings. The Labute approximate surface area is 118 Å². The molecule has 2 nitrogen and oxygen atoms in total. The smallest absolute Gasteiger partial charge is 0.229 e. The van der Waals surface area contributed by atoms with Crippen molar-refractivity contribution in [3.8, 4) is 0 Å². The van der Waals surface area contributed by atoms with Crippen LogP contribution in [0.15, 0.2) is 30.3 Å². The lowest BCUT2D eigenvalue weighted by Crippen LogP contribution is -2.35. The molecule has 0 bridgehead atoms. The minimum atomic E-state index is -0.951. The molecular weight excluding hydrogens is 269 g/mol. The van der Waals surface area contributed by atoms with Crippen LogP contribution in [0.3, 0.4) is 0 Å². The predicted molar refractivity (Wildman–Crippen MR) is 74.7 cm³/mol. The lowest BCUT2D eigenvalue weighted by atomic mass is 10.0. The highest BCUT2D eigenvalue weighted by atomic mass is 35.5. The number of hydrogen-bond donors (Lipinski definition) is 1. The summed E-state index contributed by atoms with van der Waals surface area (Å²) in [4.78, 5) is 12.3. The highest BCUT2D eigenvalue weighted by molar-refractivity contribution is 6.53. The van der Waals surface area contributed by atoms with Gasteiger partial charge in [-0.3, -0.25) is 4.79 Å². The van der Waals surface area contributed by atoms with Crippen LogP contribution in [-0.4, -0.2) is 10.2 Å². The van der Waals surface area contributed by atoms with E-state index in [1.54, 1.807) is 0 Å². The Hall–Kier alpha value is -0.730. The average molecular weight is 286 g/mol. The summed E-state index contributed by atoms with van der Waals surface area (Å²) in [5.41, 5.74) is 0.372. The minimum absolute atomic E-state index is 0.0312. The van der Waals surface area contributed by atoms with Crippen molar-refractivity contribution in [2.75, 3.05) is 0 Å². The first-order chi connectivity index (χ1) is 8.31. The Kier molecular flexibility index (Phi) is 3.37. The van der Waals surface area contributed by atoms with E-state index in [-0.39, 0.29) is 17.9 Å². The number of carbonyl (C=O) groups excluding carboxylic acids is 1. The first kappa shape index (κ1) is 13.7. The monoisotopic (exact) mass is 285 g/mol. The van der Waals surface area contributed by atoms with Crippen LogP contribution in [0.1, 0.15) is 32.4 Å². The van der Waals surface area contributed by atoms with Crippen LogP contribution in [0.4, 0.5) is 0 Å². The molecular formula is C14H17Cl2NO. The van der Waals surface area contributed by atoms with Crippen LogP contribution >= 0.6 is 23.2 Å². The number of halogens is 2. The van der Waals surface area contributed by atoms with Gasteiger partial charge in [0.15, 0.2) is 0 Å². The maximum absolute atomic E-state index is 12.3. The zero-order valence-corrected chi connectivity index (χ0v) is 12.2. The summed E-state index contributed by atoms with van der Waals surface area (Å²) < 4.78 is -0.951. The number of nitrogens with one attached hydrogen (secondary N) is 1. The zero-order valence-electron chi connectivity index (χ0n) is 10.7. The molecule has 1 aliphatic carbocycles. The summed E-state index contributed by atoms with van der Waals surface area (Å²) in [5.74, 6) is -0.118. The Morgan fingerprint density at radius 2 is 1.83 bits per heavy atom. The molecule has 0 aromatic heterocycles. The Morgan fingerprint density at radius 1 is 1.33 bits per heavy atom. The molecule has 0 unspecified atom stereocenters. The van der Waals surface area contributed by atoms with Crippen LogP contribution in [-0.2, 0) is 4.79 Å². The first-order valence-corrected chi connectivity index (χ1v) is 6.81. The molecule has 1 aliphatic rings. The van der Waals surface area contributed by atoms with Crippen LogP contribution < -0.4 is 5.32 Å². The lowest BCUT2D eigenvalue weighted by Gasteiger charge is -2.18. The molecule has 0 radical (unpaired) electrons. The molecule has 2 rings (SSSR count). The predicted octanol–water partition coefficient (Wildman–Crippen LogP) is 3.69. The van der Waals surface area contributed by atoms with E-state index in [4.69, 9.17) is 23.2 Å². The van der Waals surface area contributed by atoms with Gasteiger partial charge in [0.25, 0.3) is 0 Å². The van der Waals surface area contributed by atoms with Gasteiger partial charge in [0.1, 0.15) is 4.33 Å². The summed E-state index contributed by atoms with van der Waals surface area (Å²) in [6, 6.07) is 9.77. The maximum Gasteiger partial charge on any atom is 0.229 e. The van der Waals surface area contributed by atoms with Crippen molar-refractivity contribution < 1.29 is 4.79 Å². The van der Waals surface area contributed by atoms with Crippen molar-refractivity contribution in [2.24, 2.45) is 11.3 Å². The second-order valence-corrected chi connectivity index (χ2v) is 6.54. The topological polar surface area (TPSA) is 29.1 Å². The van der Waals surface area contributed by atoms with Gasteiger partial charge in [0.05, 0.1) is 11.5 Å². The Morgan fingerprint density at radius 3 is 2.28 bits per heavy atom. The van der Waals surface area contributed by atoms with E-state index < -0.39 is 9.75 Å². The van der Waals surface area contributed by atoms with Gasteiger partial charge < -0.3 is 5.32 Å². The molecule has 0 heterocycles. The van der Waals surface area contributed by atoms with Gasteiger partial charge in [-0.15, -0.1) is 23.2 Å². The number of carbonyl (C=O) groups is 1. The molecule has 0 aliphatic heterocycles. The van der Waals surface area contributed by atoms with Crippen LogP contribution in [0.25, 0.3) is 0 Å². The highest BCUT2D eigenvalue weighted by Gasteiger charge is 2.74. The van der Waals surface area contributed by atoms with Gasteiger partial charge in [0, 0.05) is 5.92 Å². The number of amides is 1. The van der Waals surface area contributed by atoms with E-state index >= 15 is 0 Å². The van der Waals surface area contributed by atoms with E-state index in [1.807, 2.05) is 51.1 Å². The van der Waals surface area contributed by atoms with Crippen molar-refractivity contribution in [3.63, 3.8) is 0 Å². The normalized spacial score (nSPS) is 30.6. The maximum atomic E-state index is 12.3. The van der Waals surface area contributed by atoms with Gasteiger partial charge >= 0.3 is 0 Å². The molecule has 1 aromatic carbocycles. The van der Waals surface area contributed by atoms with E-state index in [2.05, 4.69) is 5.32 Å². The third-order valence-electron chi connectivity index (χ3n) is 4.14. The standard InChI is InChI=1S/C14H17Cl2NO/c1-9(11-7-5-4-6-8-11)17-12(18)13(3)10(2)14(13,15)16/h4-10H,1-3H3,(H,17,18)/t9-,10-,13+/m0/s1. The molecule has 1 fully saturated rings. The number of hydrogen-bond acceptors (Lipinski definition) is 1. The Balaban J connectivity index is 2.06. The van der Waals surface area contributed by atoms with Crippen molar-refractivity contribution >= 4 is 29.1 Å². The molecule has 98 valence electrons. The van der Waals surface area contributed by atoms with Crippen LogP contribution in [0, 0.1) is 11.3 Å². The van der Waals surface area contributed by atoms with Crippen LogP contribution in [0.2, 0.25) is 0 Å². The van der Waals surface area contributed by atoms with Crippen molar-refractivity contribution in [1.29, 1.82) is 0 Å². The van der Waals surface area contributed by atoms with E-state index in [9.17, 15) is 4.79 Å². The van der Waals surface area contributed by atoms with Crippen molar-refractivity contribution in [3.05, 3.63) is 35.9 Å². The van der Waals surface area contributed by atoms with Gasteiger partial charge in [-0.05, 0) is 19.4 Å². The van der Waals surface area contributed by atoms with Gasteiger partial charge in [0.2, 0.25) is 5.91 Å². The fourth-order valence-corrected chi connectivity index (χ4v) is 3.08. The van der Waals surface area contributed by atoms with Crippen molar-refractivity contribution in [1.82, 2.24) is 5.32 Å². The molecule has 0 saturated heterocycles. The Bertz CT molecular complexity index is 460. The first-order valence-electron chi connectivity index (χ1n) is 6.05. The highest BCUT2D eigenvalue weighted by Crippen LogP contribution is 2.68. The summed E-state index contributed by atoms with van der Waals surface area (Å²) in [6.45, 7) is 5.66. The van der Waals surface area contributed by atoms with Gasteiger partial charge in [-0.2, -0.15) is 0 Å². The second kappa shape index (κ2) is 4.43. The quantitative estimate of drug-likeness (QED) is 0.843. The summed E-state index contributed by atoms with van der Waals surface area (Å²) >= 11 is 12.3. The van der Waals surface area contributed by atoms with E-state index in [0.717, 1.165) is 5.56 Å². The van der Waals surface area contributed by atoms with E-state index in [1.165, 1.54) is 0 Å². The SMILES string of the molecule is C[C@H](NC(=O)[C@@]1(C)[C@H](C)C1(Cl)Cl)c1ccccc1. The molecule has 1 saturated carbocycles. The summed E-state index contributed by atoms with van der Waals surface area (Å²) in [6.07, 6.45) is 0. The number of alkyl halides is 2. The number of rotatable bonds is 3. The largest absolute Gasteiger partial charge is 0.349 e. The van der Waals surface area contributed by atoms with Crippen molar-refractivity contribution in [2.45, 2.75) is 31.1 Å². The zero-order chi connectivity index (χ0) is 13.6. The third-order valence-corrected chi connectivity index (χ3v) is 5.58. The lowest BCUT2D eigenvalue weighted by molar-refractivity contribution is -0.126. The fourth-order valence-electron chi connectivity index (χ4n) is 2.26. The van der Waals surface area contributed by atoms with Crippen LogP contribution in [0.5, 0.6) is 0 Å². The average Bonchev–Trinajstić information content (AvgIpc) is 2.75. The molecule has 1 amide bonds. The molecule has 3 atom stereocenters. The minimum Gasteiger partial charge on any atom is -0.349 e. The summed E-state index contributed by atoms with van der Waals surface area (Å²) in [5, 5.41) is 2.98. The second-order valence-electron chi connectivity index (χ2n) is 5.15. The van der Waals surface area contributed by atoms with Gasteiger partial charge in [-0.1, -0.05) is 37.3 Å². The van der Waals surface area contributed by atoms with E-state index in [0.29, 0.717) is 0 Å². The summed E-state index contributed by atoms with van der Waals surface area (Å²) in [7, 11) is 0. The molecule has 1 N–H and O–H groups in total. The molecule has 4 heteroatoms. The fraction of sp³-hybridized carbons (Fsp3) is 0.500.